The molecule has 0 saturated heterocycles. The van der Waals surface area contributed by atoms with E-state index in [1.807, 2.05) is 6.92 Å². The van der Waals surface area contributed by atoms with Crippen LogP contribution in [0.15, 0.2) is 42.5 Å². The number of rotatable bonds is 7. The molecular weight excluding hydrogens is 348 g/mol. The highest BCUT2D eigenvalue weighted by atomic mass is 35.5. The Balaban J connectivity index is 1.82. The first-order valence-electron chi connectivity index (χ1n) is 7.33. The Bertz CT molecular complexity index is 735. The second-order valence-corrected chi connectivity index (χ2v) is 6.75. The van der Waals surface area contributed by atoms with E-state index >= 15 is 0 Å². The Morgan fingerprint density at radius 1 is 1.25 bits per heavy atom. The van der Waals surface area contributed by atoms with Crippen molar-refractivity contribution in [2.24, 2.45) is 0 Å². The van der Waals surface area contributed by atoms with E-state index in [0.717, 1.165) is 5.75 Å². The average molecular weight is 365 g/mol. The standard InChI is InChI=1S/C17H17ClN2O3S/c1-12-2-4-13(5-3-12)11-24-9-8-19-17(21)15-10-14(18)6-7-16(15)20(22)23/h2-7,10H,8-9,11H2,1H3,(H,19,21). The maximum absolute atomic E-state index is 12.1. The lowest BCUT2D eigenvalue weighted by atomic mass is 10.1. The molecule has 5 nitrogen and oxygen atoms in total. The lowest BCUT2D eigenvalue weighted by molar-refractivity contribution is -0.385. The van der Waals surface area contributed by atoms with Crippen molar-refractivity contribution in [3.05, 3.63) is 74.3 Å². The van der Waals surface area contributed by atoms with Crippen LogP contribution in [0.5, 0.6) is 0 Å². The summed E-state index contributed by atoms with van der Waals surface area (Å²) >= 11 is 7.51. The number of carbonyl (C=O) groups excluding carboxylic acids is 1. The molecule has 0 aliphatic heterocycles. The number of aryl methyl sites for hydroxylation is 1. The zero-order valence-corrected chi connectivity index (χ0v) is 14.7. The van der Waals surface area contributed by atoms with Crippen LogP contribution in [0.1, 0.15) is 21.5 Å². The summed E-state index contributed by atoms with van der Waals surface area (Å²) < 4.78 is 0. The SMILES string of the molecule is Cc1ccc(CSCCNC(=O)c2cc(Cl)ccc2[N+](=O)[O-])cc1. The fraction of sp³-hybridized carbons (Fsp3) is 0.235. The Labute approximate surface area is 149 Å². The third kappa shape index (κ3) is 5.25. The molecule has 2 aromatic carbocycles. The Kier molecular flexibility index (Phi) is 6.63. The van der Waals surface area contributed by atoms with E-state index in [0.29, 0.717) is 17.3 Å². The van der Waals surface area contributed by atoms with Gasteiger partial charge in [0.25, 0.3) is 11.6 Å². The molecule has 1 amide bonds. The molecule has 0 aromatic heterocycles. The van der Waals surface area contributed by atoms with Crippen LogP contribution in [-0.2, 0) is 5.75 Å². The second-order valence-electron chi connectivity index (χ2n) is 5.21. The minimum Gasteiger partial charge on any atom is -0.351 e. The zero-order valence-electron chi connectivity index (χ0n) is 13.1. The predicted octanol–water partition coefficient (Wildman–Crippen LogP) is 4.22. The molecule has 0 saturated carbocycles. The number of carbonyl (C=O) groups is 1. The zero-order chi connectivity index (χ0) is 17.5. The molecule has 1 N–H and O–H groups in total. The fourth-order valence-electron chi connectivity index (χ4n) is 2.06. The largest absolute Gasteiger partial charge is 0.351 e. The molecule has 0 fully saturated rings. The highest BCUT2D eigenvalue weighted by Gasteiger charge is 2.19. The van der Waals surface area contributed by atoms with Crippen LogP contribution in [-0.4, -0.2) is 23.1 Å². The molecule has 7 heteroatoms. The van der Waals surface area contributed by atoms with Gasteiger partial charge in [-0.2, -0.15) is 11.8 Å². The first-order valence-corrected chi connectivity index (χ1v) is 8.86. The van der Waals surface area contributed by atoms with E-state index in [1.54, 1.807) is 11.8 Å². The van der Waals surface area contributed by atoms with Crippen molar-refractivity contribution in [1.29, 1.82) is 0 Å². The monoisotopic (exact) mass is 364 g/mol. The van der Waals surface area contributed by atoms with Crippen molar-refractivity contribution in [2.75, 3.05) is 12.3 Å². The summed E-state index contributed by atoms with van der Waals surface area (Å²) in [6.45, 7) is 2.47. The fourth-order valence-corrected chi connectivity index (χ4v) is 3.05. The summed E-state index contributed by atoms with van der Waals surface area (Å²) in [7, 11) is 0. The quantitative estimate of drug-likeness (QED) is 0.453. The van der Waals surface area contributed by atoms with Crippen LogP contribution >= 0.6 is 23.4 Å². The third-order valence-electron chi connectivity index (χ3n) is 3.32. The summed E-state index contributed by atoms with van der Waals surface area (Å²) in [5.41, 5.74) is 2.18. The molecule has 0 aliphatic carbocycles. The first-order chi connectivity index (χ1) is 11.5. The number of nitro benzene ring substituents is 1. The van der Waals surface area contributed by atoms with Crippen molar-refractivity contribution in [3.63, 3.8) is 0 Å². The van der Waals surface area contributed by atoms with Gasteiger partial charge in [0.15, 0.2) is 0 Å². The molecule has 0 aliphatic rings. The van der Waals surface area contributed by atoms with Gasteiger partial charge in [0, 0.05) is 29.1 Å². The molecule has 0 heterocycles. The summed E-state index contributed by atoms with van der Waals surface area (Å²) in [5.74, 6) is 1.08. The number of halogens is 1. The number of nitrogens with zero attached hydrogens (tertiary/aromatic N) is 1. The van der Waals surface area contributed by atoms with Crippen LogP contribution in [0.25, 0.3) is 0 Å². The summed E-state index contributed by atoms with van der Waals surface area (Å²) in [4.78, 5) is 22.5. The van der Waals surface area contributed by atoms with Gasteiger partial charge in [-0.3, -0.25) is 14.9 Å². The van der Waals surface area contributed by atoms with E-state index in [4.69, 9.17) is 11.6 Å². The highest BCUT2D eigenvalue weighted by Crippen LogP contribution is 2.22. The van der Waals surface area contributed by atoms with E-state index in [2.05, 4.69) is 29.6 Å². The molecular formula is C17H17ClN2O3S. The van der Waals surface area contributed by atoms with Gasteiger partial charge in [-0.25, -0.2) is 0 Å². The number of hydrogen-bond donors (Lipinski definition) is 1. The molecule has 2 rings (SSSR count). The van der Waals surface area contributed by atoms with Crippen LogP contribution < -0.4 is 5.32 Å². The van der Waals surface area contributed by atoms with Gasteiger partial charge in [0.2, 0.25) is 0 Å². The number of nitro groups is 1. The van der Waals surface area contributed by atoms with Crippen molar-refractivity contribution in [2.45, 2.75) is 12.7 Å². The number of hydrogen-bond acceptors (Lipinski definition) is 4. The number of amides is 1. The molecule has 0 spiro atoms. The Morgan fingerprint density at radius 2 is 1.96 bits per heavy atom. The van der Waals surface area contributed by atoms with Gasteiger partial charge in [-0.05, 0) is 24.6 Å². The van der Waals surface area contributed by atoms with Gasteiger partial charge in [0.05, 0.1) is 4.92 Å². The molecule has 0 bridgehead atoms. The summed E-state index contributed by atoms with van der Waals surface area (Å²) in [6.07, 6.45) is 0. The van der Waals surface area contributed by atoms with Crippen molar-refractivity contribution >= 4 is 35.0 Å². The van der Waals surface area contributed by atoms with Crippen LogP contribution in [0, 0.1) is 17.0 Å². The minimum absolute atomic E-state index is 0.0176. The molecule has 126 valence electrons. The van der Waals surface area contributed by atoms with Gasteiger partial charge >= 0.3 is 0 Å². The average Bonchev–Trinajstić information content (AvgIpc) is 2.55. The van der Waals surface area contributed by atoms with Crippen molar-refractivity contribution < 1.29 is 9.72 Å². The van der Waals surface area contributed by atoms with Crippen LogP contribution in [0.4, 0.5) is 5.69 Å². The Morgan fingerprint density at radius 3 is 2.62 bits per heavy atom. The molecule has 24 heavy (non-hydrogen) atoms. The van der Waals surface area contributed by atoms with E-state index in [-0.39, 0.29) is 11.3 Å². The predicted molar refractivity (Wildman–Crippen MR) is 97.8 cm³/mol. The lowest BCUT2D eigenvalue weighted by Gasteiger charge is -2.07. The van der Waals surface area contributed by atoms with Crippen LogP contribution in [0.3, 0.4) is 0 Å². The maximum Gasteiger partial charge on any atom is 0.282 e. The molecule has 0 atom stereocenters. The van der Waals surface area contributed by atoms with E-state index < -0.39 is 10.8 Å². The smallest absolute Gasteiger partial charge is 0.282 e. The van der Waals surface area contributed by atoms with Crippen molar-refractivity contribution in [3.8, 4) is 0 Å². The van der Waals surface area contributed by atoms with Gasteiger partial charge in [-0.1, -0.05) is 41.4 Å². The van der Waals surface area contributed by atoms with Crippen LogP contribution in [0.2, 0.25) is 5.02 Å². The molecule has 2 aromatic rings. The molecule has 0 unspecified atom stereocenters. The summed E-state index contributed by atoms with van der Waals surface area (Å²) in [6, 6.07) is 12.2. The highest BCUT2D eigenvalue weighted by molar-refractivity contribution is 7.98. The molecule has 0 radical (unpaired) electrons. The third-order valence-corrected chi connectivity index (χ3v) is 4.59. The van der Waals surface area contributed by atoms with Gasteiger partial charge in [0.1, 0.15) is 5.56 Å². The number of nitrogens with one attached hydrogen (secondary N) is 1. The number of benzene rings is 2. The minimum atomic E-state index is -0.586. The van der Waals surface area contributed by atoms with Gasteiger partial charge < -0.3 is 5.32 Å². The normalized spacial score (nSPS) is 10.4. The van der Waals surface area contributed by atoms with Gasteiger partial charge in [-0.15, -0.1) is 0 Å². The van der Waals surface area contributed by atoms with Crippen molar-refractivity contribution in [1.82, 2.24) is 5.32 Å². The van der Waals surface area contributed by atoms with E-state index in [1.165, 1.54) is 29.3 Å². The lowest BCUT2D eigenvalue weighted by Crippen LogP contribution is -2.26. The maximum atomic E-state index is 12.1. The van der Waals surface area contributed by atoms with E-state index in [9.17, 15) is 14.9 Å². The topological polar surface area (TPSA) is 72.2 Å². The summed E-state index contributed by atoms with van der Waals surface area (Å²) in [5, 5.41) is 14.0. The second kappa shape index (κ2) is 8.70. The first kappa shape index (κ1) is 18.3. The Hall–Kier alpha value is -2.05. The number of thioether (sulfide) groups is 1.